The fourth-order valence-electron chi connectivity index (χ4n) is 4.03. The number of hydrogen-bond donors (Lipinski definition) is 1. The number of hydrogen-bond acceptors (Lipinski definition) is 5. The van der Waals surface area contributed by atoms with Crippen LogP contribution in [-0.4, -0.2) is 67.5 Å². The van der Waals surface area contributed by atoms with Gasteiger partial charge in [0, 0.05) is 18.3 Å². The van der Waals surface area contributed by atoms with Gasteiger partial charge in [-0.1, -0.05) is 18.3 Å². The predicted molar refractivity (Wildman–Crippen MR) is 101 cm³/mol. The average Bonchev–Trinajstić information content (AvgIpc) is 2.63. The van der Waals surface area contributed by atoms with Gasteiger partial charge in [-0.3, -0.25) is 9.69 Å². The molecule has 1 spiro atoms. The summed E-state index contributed by atoms with van der Waals surface area (Å²) in [6.07, 6.45) is 5.58. The number of nitrogens with zero attached hydrogens (tertiary/aromatic N) is 2. The van der Waals surface area contributed by atoms with Gasteiger partial charge in [-0.15, -0.1) is 0 Å². The molecule has 6 nitrogen and oxygen atoms in total. The third-order valence-electron chi connectivity index (χ3n) is 5.82. The summed E-state index contributed by atoms with van der Waals surface area (Å²) in [6, 6.07) is 2.01. The summed E-state index contributed by atoms with van der Waals surface area (Å²) in [5.74, 6) is 6.48. The fourth-order valence-corrected chi connectivity index (χ4v) is 4.03. The molecule has 1 aromatic heterocycles. The minimum absolute atomic E-state index is 0.0734. The minimum Gasteiger partial charge on any atom is -0.375 e. The van der Waals surface area contributed by atoms with Crippen LogP contribution >= 0.6 is 0 Å². The van der Waals surface area contributed by atoms with Crippen molar-refractivity contribution < 1.29 is 9.47 Å². The molecular formula is C20H27N3O3. The number of pyridine rings is 1. The standard InChI is InChI=1S/C20H27N3O3/c1-16-20(14-25-15-20)26-11-10-23(16)18-12-17(13-21-19(18)24)6-5-9-22-7-3-2-4-8-22/h12-13,16H,2-4,7-11,14-15H2,1H3,(H,21,24)/t16-/m0/s1. The van der Waals surface area contributed by atoms with Crippen LogP contribution in [0.25, 0.3) is 0 Å². The molecule has 0 bridgehead atoms. The van der Waals surface area contributed by atoms with E-state index in [2.05, 4.69) is 33.5 Å². The molecule has 26 heavy (non-hydrogen) atoms. The van der Waals surface area contributed by atoms with Crippen molar-refractivity contribution in [3.63, 3.8) is 0 Å². The molecule has 140 valence electrons. The Balaban J connectivity index is 1.50. The number of aromatic nitrogens is 1. The van der Waals surface area contributed by atoms with Gasteiger partial charge in [0.1, 0.15) is 11.3 Å². The molecule has 0 amide bonds. The van der Waals surface area contributed by atoms with Crippen molar-refractivity contribution >= 4 is 5.69 Å². The van der Waals surface area contributed by atoms with Gasteiger partial charge in [-0.2, -0.15) is 0 Å². The lowest BCUT2D eigenvalue weighted by Gasteiger charge is -2.53. The molecule has 1 N–H and O–H groups in total. The Labute approximate surface area is 154 Å². The van der Waals surface area contributed by atoms with Crippen LogP contribution in [0.3, 0.4) is 0 Å². The van der Waals surface area contributed by atoms with Crippen LogP contribution in [-0.2, 0) is 9.47 Å². The highest BCUT2D eigenvalue weighted by Crippen LogP contribution is 2.34. The van der Waals surface area contributed by atoms with E-state index in [4.69, 9.17) is 9.47 Å². The Morgan fingerprint density at radius 3 is 2.81 bits per heavy atom. The Morgan fingerprint density at radius 2 is 2.08 bits per heavy atom. The van der Waals surface area contributed by atoms with Gasteiger partial charge in [0.2, 0.25) is 0 Å². The van der Waals surface area contributed by atoms with Crippen molar-refractivity contribution in [3.05, 3.63) is 28.2 Å². The molecule has 0 aliphatic carbocycles. The fraction of sp³-hybridized carbons (Fsp3) is 0.650. The van der Waals surface area contributed by atoms with Gasteiger partial charge in [-0.05, 0) is 38.9 Å². The van der Waals surface area contributed by atoms with Crippen LogP contribution in [0.5, 0.6) is 0 Å². The SMILES string of the molecule is C[C@@H]1N(c2cc(C#CCN3CCCCC3)c[nH]c2=O)CCOC12COC2. The minimum atomic E-state index is -0.277. The Bertz CT molecular complexity index is 754. The number of likely N-dealkylation sites (tertiary alicyclic amines) is 1. The van der Waals surface area contributed by atoms with Gasteiger partial charge in [0.15, 0.2) is 0 Å². The number of rotatable bonds is 2. The Hall–Kier alpha value is -1.81. The largest absolute Gasteiger partial charge is 0.375 e. The summed E-state index contributed by atoms with van der Waals surface area (Å²) < 4.78 is 11.3. The van der Waals surface area contributed by atoms with E-state index in [0.717, 1.165) is 25.2 Å². The summed E-state index contributed by atoms with van der Waals surface area (Å²) in [5.41, 5.74) is 1.18. The van der Waals surface area contributed by atoms with Crippen LogP contribution in [0, 0.1) is 11.8 Å². The second kappa shape index (κ2) is 7.43. The smallest absolute Gasteiger partial charge is 0.271 e. The van der Waals surface area contributed by atoms with Crippen molar-refractivity contribution in [2.75, 3.05) is 50.9 Å². The van der Waals surface area contributed by atoms with Crippen LogP contribution in [0.2, 0.25) is 0 Å². The normalized spacial score (nSPS) is 25.4. The van der Waals surface area contributed by atoms with Gasteiger partial charge < -0.3 is 19.4 Å². The summed E-state index contributed by atoms with van der Waals surface area (Å²) in [5, 5.41) is 0. The highest BCUT2D eigenvalue weighted by molar-refractivity contribution is 5.52. The zero-order valence-corrected chi connectivity index (χ0v) is 15.4. The lowest BCUT2D eigenvalue weighted by atomic mass is 9.90. The summed E-state index contributed by atoms with van der Waals surface area (Å²) in [6.45, 7) is 7.69. The van der Waals surface area contributed by atoms with Crippen LogP contribution in [0.4, 0.5) is 5.69 Å². The lowest BCUT2D eigenvalue weighted by molar-refractivity contribution is -0.228. The average molecular weight is 357 g/mol. The Kier molecular flexibility index (Phi) is 5.03. The first kappa shape index (κ1) is 17.6. The zero-order chi connectivity index (χ0) is 18.0. The van der Waals surface area contributed by atoms with Crippen molar-refractivity contribution in [2.45, 2.75) is 37.8 Å². The molecule has 1 aromatic rings. The zero-order valence-electron chi connectivity index (χ0n) is 15.4. The lowest BCUT2D eigenvalue weighted by Crippen LogP contribution is -2.68. The number of ether oxygens (including phenoxy) is 2. The molecule has 4 rings (SSSR count). The monoisotopic (exact) mass is 357 g/mol. The summed E-state index contributed by atoms with van der Waals surface area (Å²) >= 11 is 0. The number of H-pyrrole nitrogens is 1. The number of anilines is 1. The number of morpholine rings is 1. The van der Waals surface area contributed by atoms with E-state index in [1.807, 2.05) is 6.07 Å². The highest BCUT2D eigenvalue weighted by Gasteiger charge is 2.50. The van der Waals surface area contributed by atoms with Gasteiger partial charge in [0.25, 0.3) is 5.56 Å². The van der Waals surface area contributed by atoms with Crippen molar-refractivity contribution in [1.82, 2.24) is 9.88 Å². The van der Waals surface area contributed by atoms with E-state index in [-0.39, 0.29) is 17.2 Å². The molecule has 1 atom stereocenters. The summed E-state index contributed by atoms with van der Waals surface area (Å²) in [4.78, 5) is 19.8. The van der Waals surface area contributed by atoms with Gasteiger partial charge in [0.05, 0.1) is 32.4 Å². The number of nitrogens with one attached hydrogen (secondary N) is 1. The first-order valence-corrected chi connectivity index (χ1v) is 9.60. The summed E-state index contributed by atoms with van der Waals surface area (Å²) in [7, 11) is 0. The van der Waals surface area contributed by atoms with E-state index in [9.17, 15) is 4.79 Å². The van der Waals surface area contributed by atoms with Crippen LogP contribution in [0.1, 0.15) is 31.7 Å². The first-order chi connectivity index (χ1) is 12.7. The van der Waals surface area contributed by atoms with Crippen molar-refractivity contribution in [1.29, 1.82) is 0 Å². The maximum atomic E-state index is 12.4. The second-order valence-electron chi connectivity index (χ2n) is 7.52. The molecule has 3 fully saturated rings. The number of aromatic amines is 1. The van der Waals surface area contributed by atoms with E-state index in [0.29, 0.717) is 32.1 Å². The number of piperidine rings is 1. The molecule has 0 saturated carbocycles. The molecular weight excluding hydrogens is 330 g/mol. The van der Waals surface area contributed by atoms with E-state index in [1.54, 1.807) is 6.20 Å². The van der Waals surface area contributed by atoms with Gasteiger partial charge >= 0.3 is 0 Å². The molecule has 0 aromatic carbocycles. The molecule has 3 saturated heterocycles. The van der Waals surface area contributed by atoms with E-state index in [1.165, 1.54) is 19.3 Å². The Morgan fingerprint density at radius 1 is 1.27 bits per heavy atom. The topological polar surface area (TPSA) is 57.8 Å². The maximum Gasteiger partial charge on any atom is 0.271 e. The molecule has 0 unspecified atom stereocenters. The highest BCUT2D eigenvalue weighted by atomic mass is 16.6. The van der Waals surface area contributed by atoms with Crippen LogP contribution < -0.4 is 10.5 Å². The third kappa shape index (κ3) is 3.39. The quantitative estimate of drug-likeness (QED) is 0.807. The molecule has 3 aliphatic heterocycles. The van der Waals surface area contributed by atoms with Crippen molar-refractivity contribution in [3.8, 4) is 11.8 Å². The van der Waals surface area contributed by atoms with E-state index >= 15 is 0 Å². The van der Waals surface area contributed by atoms with Crippen LogP contribution in [0.15, 0.2) is 17.1 Å². The second-order valence-corrected chi connectivity index (χ2v) is 7.52. The molecule has 4 heterocycles. The van der Waals surface area contributed by atoms with E-state index < -0.39 is 0 Å². The third-order valence-corrected chi connectivity index (χ3v) is 5.82. The maximum absolute atomic E-state index is 12.4. The molecule has 0 radical (unpaired) electrons. The van der Waals surface area contributed by atoms with Crippen molar-refractivity contribution in [2.24, 2.45) is 0 Å². The first-order valence-electron chi connectivity index (χ1n) is 9.60. The predicted octanol–water partition coefficient (Wildman–Crippen LogP) is 1.21. The van der Waals surface area contributed by atoms with Gasteiger partial charge in [-0.25, -0.2) is 0 Å². The molecule has 3 aliphatic rings. The molecule has 6 heteroatoms.